The van der Waals surface area contributed by atoms with Crippen molar-refractivity contribution in [3.05, 3.63) is 78.4 Å². The Morgan fingerprint density at radius 1 is 0.852 bits per heavy atom. The van der Waals surface area contributed by atoms with Crippen LogP contribution in [0, 0.1) is 0 Å². The van der Waals surface area contributed by atoms with Crippen LogP contribution in [-0.4, -0.2) is 23.3 Å². The molecule has 0 saturated carbocycles. The van der Waals surface area contributed by atoms with Crippen molar-refractivity contribution in [2.75, 3.05) is 16.8 Å². The SMILES string of the molecule is C[C@H](NC(=O)CSCC(=O)Nc1ccc2ccccc2c1)c1ccccc1. The van der Waals surface area contributed by atoms with Crippen LogP contribution in [-0.2, 0) is 9.59 Å². The van der Waals surface area contributed by atoms with Crippen LogP contribution < -0.4 is 10.6 Å². The van der Waals surface area contributed by atoms with Crippen LogP contribution in [0.4, 0.5) is 5.69 Å². The van der Waals surface area contributed by atoms with E-state index in [-0.39, 0.29) is 29.4 Å². The number of anilines is 1. The fraction of sp³-hybridized carbons (Fsp3) is 0.182. The van der Waals surface area contributed by atoms with E-state index in [2.05, 4.69) is 10.6 Å². The fourth-order valence-electron chi connectivity index (χ4n) is 2.81. The molecule has 2 amide bonds. The zero-order valence-electron chi connectivity index (χ0n) is 15.1. The molecule has 3 rings (SSSR count). The topological polar surface area (TPSA) is 58.2 Å². The first-order valence-electron chi connectivity index (χ1n) is 8.82. The average Bonchev–Trinajstić information content (AvgIpc) is 2.68. The van der Waals surface area contributed by atoms with Gasteiger partial charge in [0.2, 0.25) is 11.8 Å². The van der Waals surface area contributed by atoms with Crippen molar-refractivity contribution in [2.24, 2.45) is 0 Å². The van der Waals surface area contributed by atoms with E-state index in [9.17, 15) is 9.59 Å². The van der Waals surface area contributed by atoms with Crippen LogP contribution in [0.1, 0.15) is 18.5 Å². The Labute approximate surface area is 163 Å². The molecule has 5 heteroatoms. The van der Waals surface area contributed by atoms with Crippen molar-refractivity contribution in [1.82, 2.24) is 5.32 Å². The van der Waals surface area contributed by atoms with Gasteiger partial charge in [0.1, 0.15) is 0 Å². The Hall–Kier alpha value is -2.79. The monoisotopic (exact) mass is 378 g/mol. The molecule has 138 valence electrons. The molecule has 27 heavy (non-hydrogen) atoms. The number of rotatable bonds is 7. The minimum atomic E-state index is -0.112. The molecular weight excluding hydrogens is 356 g/mol. The standard InChI is InChI=1S/C22H22N2O2S/c1-16(17-7-3-2-4-8-17)23-21(25)14-27-15-22(26)24-20-12-11-18-9-5-6-10-19(18)13-20/h2-13,16H,14-15H2,1H3,(H,23,25)(H,24,26)/t16-/m0/s1. The smallest absolute Gasteiger partial charge is 0.234 e. The molecule has 0 aliphatic carbocycles. The zero-order valence-corrected chi connectivity index (χ0v) is 16.0. The molecule has 0 saturated heterocycles. The molecule has 0 bridgehead atoms. The molecule has 0 unspecified atom stereocenters. The third-order valence-electron chi connectivity index (χ3n) is 4.18. The Bertz CT molecular complexity index is 928. The number of carbonyl (C=O) groups is 2. The molecule has 3 aromatic carbocycles. The molecule has 0 spiro atoms. The largest absolute Gasteiger partial charge is 0.349 e. The summed E-state index contributed by atoms with van der Waals surface area (Å²) in [6, 6.07) is 23.6. The van der Waals surface area contributed by atoms with Crippen molar-refractivity contribution in [3.8, 4) is 0 Å². The first-order chi connectivity index (χ1) is 13.1. The minimum absolute atomic E-state index is 0.0503. The average molecular weight is 378 g/mol. The number of nitrogens with one attached hydrogen (secondary N) is 2. The van der Waals surface area contributed by atoms with Crippen molar-refractivity contribution in [3.63, 3.8) is 0 Å². The van der Waals surface area contributed by atoms with Gasteiger partial charge in [-0.25, -0.2) is 0 Å². The van der Waals surface area contributed by atoms with Crippen molar-refractivity contribution < 1.29 is 9.59 Å². The molecule has 0 aliphatic heterocycles. The molecule has 0 aromatic heterocycles. The second kappa shape index (κ2) is 9.24. The van der Waals surface area contributed by atoms with E-state index in [0.717, 1.165) is 22.0 Å². The first-order valence-corrected chi connectivity index (χ1v) is 9.98. The molecule has 1 atom stereocenters. The summed E-state index contributed by atoms with van der Waals surface area (Å²) in [6.07, 6.45) is 0. The Balaban J connectivity index is 1.42. The number of benzene rings is 3. The van der Waals surface area contributed by atoms with Gasteiger partial charge in [0.05, 0.1) is 17.5 Å². The quantitative estimate of drug-likeness (QED) is 0.641. The van der Waals surface area contributed by atoms with Crippen LogP contribution in [0.15, 0.2) is 72.8 Å². The molecule has 0 fully saturated rings. The van der Waals surface area contributed by atoms with Gasteiger partial charge in [-0.05, 0) is 35.4 Å². The maximum atomic E-state index is 12.1. The maximum Gasteiger partial charge on any atom is 0.234 e. The second-order valence-corrected chi connectivity index (χ2v) is 7.29. The summed E-state index contributed by atoms with van der Waals surface area (Å²) < 4.78 is 0. The molecule has 0 aliphatic rings. The Morgan fingerprint density at radius 3 is 2.30 bits per heavy atom. The van der Waals surface area contributed by atoms with Gasteiger partial charge in [-0.2, -0.15) is 0 Å². The van der Waals surface area contributed by atoms with E-state index in [1.165, 1.54) is 11.8 Å². The van der Waals surface area contributed by atoms with Crippen molar-refractivity contribution >= 4 is 40.0 Å². The van der Waals surface area contributed by atoms with Gasteiger partial charge in [0.15, 0.2) is 0 Å². The van der Waals surface area contributed by atoms with Gasteiger partial charge < -0.3 is 10.6 Å². The Morgan fingerprint density at radius 2 is 1.52 bits per heavy atom. The summed E-state index contributed by atoms with van der Waals surface area (Å²) in [5.41, 5.74) is 1.83. The lowest BCUT2D eigenvalue weighted by atomic mass is 10.1. The summed E-state index contributed by atoms with van der Waals surface area (Å²) in [5, 5.41) is 8.05. The predicted molar refractivity (Wildman–Crippen MR) is 113 cm³/mol. The van der Waals surface area contributed by atoms with E-state index in [1.807, 2.05) is 79.7 Å². The predicted octanol–water partition coefficient (Wildman–Crippen LogP) is 4.39. The highest BCUT2D eigenvalue weighted by Gasteiger charge is 2.10. The van der Waals surface area contributed by atoms with E-state index in [0.29, 0.717) is 0 Å². The lowest BCUT2D eigenvalue weighted by Crippen LogP contribution is -2.28. The second-order valence-electron chi connectivity index (χ2n) is 6.30. The summed E-state index contributed by atoms with van der Waals surface area (Å²) in [6.45, 7) is 1.95. The highest BCUT2D eigenvalue weighted by atomic mass is 32.2. The van der Waals surface area contributed by atoms with Gasteiger partial charge in [-0.3, -0.25) is 9.59 Å². The summed E-state index contributed by atoms with van der Waals surface area (Å²) >= 11 is 1.31. The van der Waals surface area contributed by atoms with Crippen LogP contribution in [0.2, 0.25) is 0 Å². The number of amides is 2. The number of fused-ring (bicyclic) bond motifs is 1. The zero-order chi connectivity index (χ0) is 19.1. The molecule has 3 aromatic rings. The molecule has 4 nitrogen and oxygen atoms in total. The fourth-order valence-corrected chi connectivity index (χ4v) is 3.44. The Kier molecular flexibility index (Phi) is 6.49. The molecule has 2 N–H and O–H groups in total. The lowest BCUT2D eigenvalue weighted by molar-refractivity contribution is -0.119. The minimum Gasteiger partial charge on any atom is -0.349 e. The maximum absolute atomic E-state index is 12.1. The van der Waals surface area contributed by atoms with Crippen LogP contribution in [0.25, 0.3) is 10.8 Å². The number of hydrogen-bond acceptors (Lipinski definition) is 3. The van der Waals surface area contributed by atoms with Gasteiger partial charge >= 0.3 is 0 Å². The van der Waals surface area contributed by atoms with Gasteiger partial charge in [0, 0.05) is 5.69 Å². The summed E-state index contributed by atoms with van der Waals surface area (Å²) in [4.78, 5) is 24.2. The third-order valence-corrected chi connectivity index (χ3v) is 5.11. The van der Waals surface area contributed by atoms with Gasteiger partial charge in [-0.15, -0.1) is 11.8 Å². The van der Waals surface area contributed by atoms with E-state index >= 15 is 0 Å². The first kappa shape index (κ1) is 19.0. The highest BCUT2D eigenvalue weighted by molar-refractivity contribution is 8.00. The normalized spacial score (nSPS) is 11.7. The van der Waals surface area contributed by atoms with Gasteiger partial charge in [-0.1, -0.05) is 60.7 Å². The van der Waals surface area contributed by atoms with Crippen LogP contribution in [0.3, 0.4) is 0 Å². The summed E-state index contributed by atoms with van der Waals surface area (Å²) in [5.74, 6) is 0.302. The van der Waals surface area contributed by atoms with E-state index in [4.69, 9.17) is 0 Å². The van der Waals surface area contributed by atoms with Crippen molar-refractivity contribution in [1.29, 1.82) is 0 Å². The number of hydrogen-bond donors (Lipinski definition) is 2. The van der Waals surface area contributed by atoms with E-state index < -0.39 is 0 Å². The summed E-state index contributed by atoms with van der Waals surface area (Å²) in [7, 11) is 0. The number of carbonyl (C=O) groups excluding carboxylic acids is 2. The molecule has 0 radical (unpaired) electrons. The molecular formula is C22H22N2O2S. The van der Waals surface area contributed by atoms with Gasteiger partial charge in [0.25, 0.3) is 0 Å². The highest BCUT2D eigenvalue weighted by Crippen LogP contribution is 2.19. The molecule has 0 heterocycles. The number of thioether (sulfide) groups is 1. The lowest BCUT2D eigenvalue weighted by Gasteiger charge is -2.14. The van der Waals surface area contributed by atoms with Crippen LogP contribution in [0.5, 0.6) is 0 Å². The third kappa shape index (κ3) is 5.59. The van der Waals surface area contributed by atoms with Crippen molar-refractivity contribution in [2.45, 2.75) is 13.0 Å². The van der Waals surface area contributed by atoms with E-state index in [1.54, 1.807) is 0 Å². The van der Waals surface area contributed by atoms with Crippen LogP contribution >= 0.6 is 11.8 Å².